The first-order valence-corrected chi connectivity index (χ1v) is 7.35. The van der Waals surface area contributed by atoms with Crippen molar-refractivity contribution in [2.75, 3.05) is 0 Å². The predicted octanol–water partition coefficient (Wildman–Crippen LogP) is 3.64. The van der Waals surface area contributed by atoms with Gasteiger partial charge in [0.05, 0.1) is 10.2 Å². The molecule has 0 radical (unpaired) electrons. The molecule has 3 nitrogen and oxygen atoms in total. The molecule has 0 aliphatic heterocycles. The van der Waals surface area contributed by atoms with Gasteiger partial charge in [-0.2, -0.15) is 0 Å². The minimum Gasteiger partial charge on any atom is -0.486 e. The zero-order valence-corrected chi connectivity index (χ0v) is 12.1. The number of nitrogens with zero attached hydrogens (tertiary/aromatic N) is 1. The van der Waals surface area contributed by atoms with Crippen molar-refractivity contribution in [3.8, 4) is 5.75 Å². The maximum atomic E-state index is 5.87. The molecule has 3 rings (SSSR count). The van der Waals surface area contributed by atoms with E-state index in [0.29, 0.717) is 13.2 Å². The van der Waals surface area contributed by atoms with E-state index in [1.165, 1.54) is 10.3 Å². The molecule has 1 aromatic heterocycles. The Balaban J connectivity index is 1.79. The van der Waals surface area contributed by atoms with Crippen LogP contribution in [-0.4, -0.2) is 4.98 Å². The summed E-state index contributed by atoms with van der Waals surface area (Å²) in [7, 11) is 0. The highest BCUT2D eigenvalue weighted by Crippen LogP contribution is 2.24. The molecule has 0 aliphatic rings. The number of rotatable bonds is 4. The Morgan fingerprint density at radius 2 is 2.05 bits per heavy atom. The van der Waals surface area contributed by atoms with Gasteiger partial charge in [0.2, 0.25) is 0 Å². The van der Waals surface area contributed by atoms with Crippen molar-refractivity contribution in [2.24, 2.45) is 5.73 Å². The summed E-state index contributed by atoms with van der Waals surface area (Å²) in [5, 5.41) is 0.981. The van der Waals surface area contributed by atoms with Gasteiger partial charge in [-0.15, -0.1) is 11.3 Å². The van der Waals surface area contributed by atoms with E-state index in [0.717, 1.165) is 21.8 Å². The topological polar surface area (TPSA) is 48.1 Å². The van der Waals surface area contributed by atoms with Crippen LogP contribution in [0, 0.1) is 6.92 Å². The molecule has 0 fully saturated rings. The van der Waals surface area contributed by atoms with E-state index in [-0.39, 0.29) is 0 Å². The highest BCUT2D eigenvalue weighted by atomic mass is 32.1. The maximum Gasteiger partial charge on any atom is 0.140 e. The van der Waals surface area contributed by atoms with E-state index >= 15 is 0 Å². The molecule has 102 valence electrons. The van der Waals surface area contributed by atoms with Gasteiger partial charge in [0.25, 0.3) is 0 Å². The number of aromatic nitrogens is 1. The molecule has 0 saturated heterocycles. The Bertz CT molecular complexity index is 703. The highest BCUT2D eigenvalue weighted by molar-refractivity contribution is 7.18. The Hall–Kier alpha value is -1.91. The Kier molecular flexibility index (Phi) is 3.67. The van der Waals surface area contributed by atoms with Crippen LogP contribution in [-0.2, 0) is 13.2 Å². The number of para-hydroxylation sites is 1. The maximum absolute atomic E-state index is 5.87. The molecule has 0 atom stereocenters. The fourth-order valence-corrected chi connectivity index (χ4v) is 3.01. The number of fused-ring (bicyclic) bond motifs is 1. The lowest BCUT2D eigenvalue weighted by Crippen LogP contribution is -2.03. The van der Waals surface area contributed by atoms with Crippen LogP contribution in [0.15, 0.2) is 42.5 Å². The SMILES string of the molecule is Cc1ccc(OCc2nc3ccccc3s2)c(CN)c1. The van der Waals surface area contributed by atoms with Crippen LogP contribution in [0.25, 0.3) is 10.2 Å². The standard InChI is InChI=1S/C16H16N2OS/c1-11-6-7-14(12(8-11)9-17)19-10-16-18-13-4-2-3-5-15(13)20-16/h2-8H,9-10,17H2,1H3. The smallest absolute Gasteiger partial charge is 0.140 e. The Morgan fingerprint density at radius 3 is 2.85 bits per heavy atom. The molecule has 2 aromatic carbocycles. The minimum absolute atomic E-state index is 0.482. The summed E-state index contributed by atoms with van der Waals surface area (Å²) in [4.78, 5) is 4.56. The van der Waals surface area contributed by atoms with E-state index in [2.05, 4.69) is 24.0 Å². The quantitative estimate of drug-likeness (QED) is 0.795. The Morgan fingerprint density at radius 1 is 1.20 bits per heavy atom. The summed E-state index contributed by atoms with van der Waals surface area (Å²) >= 11 is 1.67. The summed E-state index contributed by atoms with van der Waals surface area (Å²) in [6.45, 7) is 3.02. The second kappa shape index (κ2) is 5.61. The molecule has 20 heavy (non-hydrogen) atoms. The molecule has 0 bridgehead atoms. The first kappa shape index (κ1) is 13.1. The number of thiazole rings is 1. The molecular formula is C16H16N2OS. The highest BCUT2D eigenvalue weighted by Gasteiger charge is 2.06. The van der Waals surface area contributed by atoms with Crippen LogP contribution in [0.1, 0.15) is 16.1 Å². The van der Waals surface area contributed by atoms with Crippen LogP contribution in [0.4, 0.5) is 0 Å². The van der Waals surface area contributed by atoms with Crippen LogP contribution in [0.3, 0.4) is 0 Å². The summed E-state index contributed by atoms with van der Waals surface area (Å²) in [5.41, 5.74) is 9.01. The molecule has 1 heterocycles. The van der Waals surface area contributed by atoms with Gasteiger partial charge in [-0.1, -0.05) is 29.8 Å². The van der Waals surface area contributed by atoms with Crippen molar-refractivity contribution < 1.29 is 4.74 Å². The van der Waals surface area contributed by atoms with E-state index < -0.39 is 0 Å². The second-order valence-corrected chi connectivity index (χ2v) is 5.79. The number of aryl methyl sites for hydroxylation is 1. The summed E-state index contributed by atoms with van der Waals surface area (Å²) in [6.07, 6.45) is 0. The van der Waals surface area contributed by atoms with Gasteiger partial charge in [-0.3, -0.25) is 0 Å². The van der Waals surface area contributed by atoms with Crippen LogP contribution in [0.2, 0.25) is 0 Å². The summed E-state index contributed by atoms with van der Waals surface area (Å²) < 4.78 is 7.06. The lowest BCUT2D eigenvalue weighted by molar-refractivity contribution is 0.302. The third kappa shape index (κ3) is 2.66. The van der Waals surface area contributed by atoms with Crippen LogP contribution >= 0.6 is 11.3 Å². The lowest BCUT2D eigenvalue weighted by atomic mass is 10.1. The molecule has 0 amide bonds. The summed E-state index contributed by atoms with van der Waals surface area (Å²) in [5.74, 6) is 0.845. The van der Waals surface area contributed by atoms with Crippen molar-refractivity contribution in [2.45, 2.75) is 20.1 Å². The number of ether oxygens (including phenoxy) is 1. The van der Waals surface area contributed by atoms with E-state index in [4.69, 9.17) is 10.5 Å². The molecule has 0 unspecified atom stereocenters. The van der Waals surface area contributed by atoms with Gasteiger partial charge >= 0.3 is 0 Å². The normalized spacial score (nSPS) is 10.9. The van der Waals surface area contributed by atoms with Crippen molar-refractivity contribution in [1.29, 1.82) is 0 Å². The number of hydrogen-bond acceptors (Lipinski definition) is 4. The molecule has 0 spiro atoms. The van der Waals surface area contributed by atoms with Crippen LogP contribution in [0.5, 0.6) is 5.75 Å². The van der Waals surface area contributed by atoms with Crippen molar-refractivity contribution in [1.82, 2.24) is 4.98 Å². The zero-order valence-electron chi connectivity index (χ0n) is 11.3. The zero-order chi connectivity index (χ0) is 13.9. The largest absolute Gasteiger partial charge is 0.486 e. The predicted molar refractivity (Wildman–Crippen MR) is 83.0 cm³/mol. The fourth-order valence-electron chi connectivity index (χ4n) is 2.13. The van der Waals surface area contributed by atoms with Gasteiger partial charge in [-0.25, -0.2) is 4.98 Å². The average molecular weight is 284 g/mol. The fraction of sp³-hybridized carbons (Fsp3) is 0.188. The average Bonchev–Trinajstić information content (AvgIpc) is 2.88. The summed E-state index contributed by atoms with van der Waals surface area (Å²) in [6, 6.07) is 14.2. The first-order chi connectivity index (χ1) is 9.76. The third-order valence-electron chi connectivity index (χ3n) is 3.13. The van der Waals surface area contributed by atoms with Gasteiger partial charge in [0.1, 0.15) is 17.4 Å². The van der Waals surface area contributed by atoms with Gasteiger partial charge < -0.3 is 10.5 Å². The van der Waals surface area contributed by atoms with Crippen molar-refractivity contribution in [3.63, 3.8) is 0 Å². The third-order valence-corrected chi connectivity index (χ3v) is 4.14. The van der Waals surface area contributed by atoms with Gasteiger partial charge in [0.15, 0.2) is 0 Å². The second-order valence-electron chi connectivity index (χ2n) is 4.68. The molecule has 4 heteroatoms. The monoisotopic (exact) mass is 284 g/mol. The van der Waals surface area contributed by atoms with Crippen molar-refractivity contribution in [3.05, 3.63) is 58.6 Å². The molecule has 0 aliphatic carbocycles. The lowest BCUT2D eigenvalue weighted by Gasteiger charge is -2.09. The number of hydrogen-bond donors (Lipinski definition) is 1. The molecular weight excluding hydrogens is 268 g/mol. The van der Waals surface area contributed by atoms with Crippen LogP contribution < -0.4 is 10.5 Å². The number of nitrogens with two attached hydrogens (primary N) is 1. The van der Waals surface area contributed by atoms with E-state index in [9.17, 15) is 0 Å². The van der Waals surface area contributed by atoms with Gasteiger partial charge in [0, 0.05) is 12.1 Å². The number of benzene rings is 2. The molecule has 2 N–H and O–H groups in total. The van der Waals surface area contributed by atoms with E-state index in [1.54, 1.807) is 11.3 Å². The van der Waals surface area contributed by atoms with Crippen molar-refractivity contribution >= 4 is 21.6 Å². The molecule has 3 aromatic rings. The van der Waals surface area contributed by atoms with E-state index in [1.807, 2.05) is 30.3 Å². The molecule has 0 saturated carbocycles. The Labute approximate surface area is 122 Å². The minimum atomic E-state index is 0.482. The van der Waals surface area contributed by atoms with Gasteiger partial charge in [-0.05, 0) is 25.1 Å². The first-order valence-electron chi connectivity index (χ1n) is 6.53.